The van der Waals surface area contributed by atoms with Gasteiger partial charge >= 0.3 is 0 Å². The topological polar surface area (TPSA) is 36.9 Å². The molecule has 4 rings (SSSR count). The van der Waals surface area contributed by atoms with E-state index in [-0.39, 0.29) is 29.4 Å². The van der Waals surface area contributed by atoms with Crippen LogP contribution in [0.15, 0.2) is 33.7 Å². The van der Waals surface area contributed by atoms with Crippen LogP contribution in [0.4, 0.5) is 0 Å². The molecule has 1 unspecified atom stereocenters. The molecule has 0 aromatic heterocycles. The normalized spacial score (nSPS) is 26.8. The minimum absolute atomic E-state index is 0. The van der Waals surface area contributed by atoms with Crippen molar-refractivity contribution < 1.29 is 4.74 Å². The predicted molar refractivity (Wildman–Crippen MR) is 121 cm³/mol. The van der Waals surface area contributed by atoms with Gasteiger partial charge in [0.05, 0.1) is 13.2 Å². The molecule has 1 N–H and O–H groups in total. The highest BCUT2D eigenvalue weighted by molar-refractivity contribution is 14.0. The van der Waals surface area contributed by atoms with Crippen LogP contribution in [-0.4, -0.2) is 50.3 Å². The molecule has 2 saturated heterocycles. The van der Waals surface area contributed by atoms with Crippen LogP contribution in [0.25, 0.3) is 0 Å². The van der Waals surface area contributed by atoms with Gasteiger partial charge in [-0.25, -0.2) is 0 Å². The van der Waals surface area contributed by atoms with Crippen LogP contribution in [0.3, 0.4) is 0 Å². The third-order valence-corrected chi connectivity index (χ3v) is 6.57. The number of benzene rings is 1. The van der Waals surface area contributed by atoms with Crippen LogP contribution < -0.4 is 5.32 Å². The number of hydrogen-bond acceptors (Lipinski definition) is 2. The largest absolute Gasteiger partial charge is 0.381 e. The average Bonchev–Trinajstić information content (AvgIpc) is 3.08. The van der Waals surface area contributed by atoms with E-state index in [4.69, 9.17) is 9.73 Å². The standard InChI is InChI=1S/C20H28BrN3O.HI/c1-2-22-18(24-10-8-19(14-24)9-11-25-15-19)23-13-20(6-7-20)16-4-3-5-17(21)12-16;/h3-5,12H,2,6-11,13-15H2,1H3,(H,22,23);1H. The molecule has 2 aliphatic heterocycles. The Balaban J connectivity index is 0.00000196. The molecule has 4 nitrogen and oxygen atoms in total. The van der Waals surface area contributed by atoms with Crippen molar-refractivity contribution >= 4 is 45.9 Å². The van der Waals surface area contributed by atoms with Crippen LogP contribution in [0, 0.1) is 5.41 Å². The fourth-order valence-corrected chi connectivity index (χ4v) is 4.65. The summed E-state index contributed by atoms with van der Waals surface area (Å²) in [6, 6.07) is 8.75. The second-order valence-electron chi connectivity index (χ2n) is 7.93. The van der Waals surface area contributed by atoms with Crippen molar-refractivity contribution in [3.05, 3.63) is 34.3 Å². The van der Waals surface area contributed by atoms with E-state index in [1.54, 1.807) is 0 Å². The summed E-state index contributed by atoms with van der Waals surface area (Å²) in [5.41, 5.74) is 2.04. The fraction of sp³-hybridized carbons (Fsp3) is 0.650. The summed E-state index contributed by atoms with van der Waals surface area (Å²) < 4.78 is 6.83. The van der Waals surface area contributed by atoms with E-state index in [0.29, 0.717) is 5.41 Å². The van der Waals surface area contributed by atoms with Gasteiger partial charge in [-0.3, -0.25) is 4.99 Å². The summed E-state index contributed by atoms with van der Waals surface area (Å²) >= 11 is 3.61. The lowest BCUT2D eigenvalue weighted by atomic mass is 9.87. The van der Waals surface area contributed by atoms with Gasteiger partial charge in [0.1, 0.15) is 0 Å². The second kappa shape index (κ2) is 8.35. The van der Waals surface area contributed by atoms with Gasteiger partial charge in [-0.15, -0.1) is 24.0 Å². The van der Waals surface area contributed by atoms with Crippen LogP contribution in [-0.2, 0) is 10.2 Å². The highest BCUT2D eigenvalue weighted by atomic mass is 127. The van der Waals surface area contributed by atoms with Gasteiger partial charge in [0.2, 0.25) is 0 Å². The van der Waals surface area contributed by atoms with Crippen molar-refractivity contribution in [1.29, 1.82) is 0 Å². The van der Waals surface area contributed by atoms with Crippen molar-refractivity contribution in [2.75, 3.05) is 39.4 Å². The SMILES string of the molecule is CCNC(=NCC1(c2cccc(Br)c2)CC1)N1CCC2(CCOC2)C1.I. The van der Waals surface area contributed by atoms with Crippen LogP contribution in [0.2, 0.25) is 0 Å². The molecule has 0 radical (unpaired) electrons. The maximum absolute atomic E-state index is 5.67. The Labute approximate surface area is 182 Å². The number of ether oxygens (including phenoxy) is 1. The molecule has 1 aliphatic carbocycles. The number of aliphatic imine (C=N–C) groups is 1. The molecule has 1 saturated carbocycles. The highest BCUT2D eigenvalue weighted by Gasteiger charge is 2.45. The third-order valence-electron chi connectivity index (χ3n) is 6.08. The van der Waals surface area contributed by atoms with E-state index in [9.17, 15) is 0 Å². The van der Waals surface area contributed by atoms with Crippen molar-refractivity contribution in [1.82, 2.24) is 10.2 Å². The van der Waals surface area contributed by atoms with Gasteiger partial charge in [-0.2, -0.15) is 0 Å². The molecule has 0 amide bonds. The molecule has 1 spiro atoms. The molecule has 3 aliphatic rings. The van der Waals surface area contributed by atoms with Gasteiger partial charge in [0.25, 0.3) is 0 Å². The number of nitrogens with zero attached hydrogens (tertiary/aromatic N) is 2. The maximum Gasteiger partial charge on any atom is 0.193 e. The first-order valence-electron chi connectivity index (χ1n) is 9.52. The predicted octanol–water partition coefficient (Wildman–Crippen LogP) is 4.18. The summed E-state index contributed by atoms with van der Waals surface area (Å²) in [5.74, 6) is 1.09. The van der Waals surface area contributed by atoms with Gasteiger partial charge in [-0.05, 0) is 50.3 Å². The molecular weight excluding hydrogens is 505 g/mol. The molecule has 6 heteroatoms. The van der Waals surface area contributed by atoms with Gasteiger partial charge < -0.3 is 15.0 Å². The third kappa shape index (κ3) is 4.22. The summed E-state index contributed by atoms with van der Waals surface area (Å²) in [5, 5.41) is 3.52. The van der Waals surface area contributed by atoms with Gasteiger partial charge in [0.15, 0.2) is 5.96 Å². The Morgan fingerprint density at radius 2 is 2.15 bits per heavy atom. The minimum Gasteiger partial charge on any atom is -0.381 e. The van der Waals surface area contributed by atoms with E-state index in [2.05, 4.69) is 57.3 Å². The Morgan fingerprint density at radius 3 is 2.81 bits per heavy atom. The molecule has 1 aromatic rings. The Morgan fingerprint density at radius 1 is 1.31 bits per heavy atom. The summed E-state index contributed by atoms with van der Waals surface area (Å²) in [7, 11) is 0. The van der Waals surface area contributed by atoms with Crippen molar-refractivity contribution in [2.24, 2.45) is 10.4 Å². The number of likely N-dealkylation sites (tertiary alicyclic amines) is 1. The van der Waals surface area contributed by atoms with Crippen LogP contribution in [0.5, 0.6) is 0 Å². The smallest absolute Gasteiger partial charge is 0.193 e. The maximum atomic E-state index is 5.67. The van der Waals surface area contributed by atoms with E-state index in [1.165, 1.54) is 31.2 Å². The van der Waals surface area contributed by atoms with Crippen LogP contribution >= 0.6 is 39.9 Å². The number of hydrogen-bond donors (Lipinski definition) is 1. The monoisotopic (exact) mass is 533 g/mol. The Kier molecular flexibility index (Phi) is 6.55. The number of halogens is 2. The molecule has 144 valence electrons. The van der Waals surface area contributed by atoms with Gasteiger partial charge in [-0.1, -0.05) is 28.1 Å². The second-order valence-corrected chi connectivity index (χ2v) is 8.85. The van der Waals surface area contributed by atoms with Crippen molar-refractivity contribution in [3.8, 4) is 0 Å². The van der Waals surface area contributed by atoms with Crippen molar-refractivity contribution in [2.45, 2.75) is 38.0 Å². The van der Waals surface area contributed by atoms with E-state index in [1.807, 2.05) is 0 Å². The summed E-state index contributed by atoms with van der Waals surface area (Å²) in [6.07, 6.45) is 4.91. The zero-order valence-electron chi connectivity index (χ0n) is 15.5. The van der Waals surface area contributed by atoms with Crippen LogP contribution in [0.1, 0.15) is 38.2 Å². The first kappa shape index (κ1) is 20.4. The molecule has 26 heavy (non-hydrogen) atoms. The van der Waals surface area contributed by atoms with E-state index in [0.717, 1.165) is 49.8 Å². The lowest BCUT2D eigenvalue weighted by Crippen LogP contribution is -2.42. The lowest BCUT2D eigenvalue weighted by Gasteiger charge is -2.25. The minimum atomic E-state index is 0. The number of rotatable bonds is 4. The van der Waals surface area contributed by atoms with E-state index >= 15 is 0 Å². The molecule has 1 atom stereocenters. The molecule has 3 fully saturated rings. The first-order valence-corrected chi connectivity index (χ1v) is 10.3. The molecule has 2 heterocycles. The fourth-order valence-electron chi connectivity index (χ4n) is 4.25. The first-order chi connectivity index (χ1) is 12.1. The Bertz CT molecular complexity index is 656. The lowest BCUT2D eigenvalue weighted by molar-refractivity contribution is 0.156. The number of guanidine groups is 1. The Hall–Kier alpha value is -0.340. The summed E-state index contributed by atoms with van der Waals surface area (Å²) in [4.78, 5) is 7.52. The zero-order valence-corrected chi connectivity index (χ0v) is 19.4. The highest BCUT2D eigenvalue weighted by Crippen LogP contribution is 2.49. The van der Waals surface area contributed by atoms with Gasteiger partial charge in [0, 0.05) is 41.5 Å². The van der Waals surface area contributed by atoms with E-state index < -0.39 is 0 Å². The average molecular weight is 534 g/mol. The zero-order chi connectivity index (χ0) is 17.3. The molecule has 0 bridgehead atoms. The summed E-state index contributed by atoms with van der Waals surface area (Å²) in [6.45, 7) is 7.98. The molecular formula is C20H29BrIN3O. The van der Waals surface area contributed by atoms with Crippen molar-refractivity contribution in [3.63, 3.8) is 0 Å². The quantitative estimate of drug-likeness (QED) is 0.358. The number of nitrogens with one attached hydrogen (secondary N) is 1. The molecule has 1 aromatic carbocycles.